The van der Waals surface area contributed by atoms with Gasteiger partial charge in [0.25, 0.3) is 0 Å². The number of nitrogens with zero attached hydrogens (tertiary/aromatic N) is 1. The number of pyridine rings is 1. The average molecular weight is 266 g/mol. The molecule has 6 heteroatoms. The maximum atomic E-state index is 12.0. The number of rotatable bonds is 2. The summed E-state index contributed by atoms with van der Waals surface area (Å²) in [7, 11) is 1.24. The summed E-state index contributed by atoms with van der Waals surface area (Å²) < 4.78 is 9.80. The molecule has 104 valence electrons. The van der Waals surface area contributed by atoms with Gasteiger partial charge in [0.05, 0.1) is 18.4 Å². The van der Waals surface area contributed by atoms with Gasteiger partial charge >= 0.3 is 11.9 Å². The number of hydrogen-bond donors (Lipinski definition) is 1. The lowest BCUT2D eigenvalue weighted by Crippen LogP contribution is -2.26. The van der Waals surface area contributed by atoms with E-state index in [9.17, 15) is 9.59 Å². The van der Waals surface area contributed by atoms with Gasteiger partial charge < -0.3 is 15.2 Å². The summed E-state index contributed by atoms with van der Waals surface area (Å²) in [5, 5.41) is 0. The molecule has 0 saturated heterocycles. The molecule has 1 rings (SSSR count). The van der Waals surface area contributed by atoms with E-state index in [2.05, 4.69) is 9.72 Å². The van der Waals surface area contributed by atoms with E-state index in [1.165, 1.54) is 13.2 Å². The van der Waals surface area contributed by atoms with E-state index in [-0.39, 0.29) is 16.9 Å². The number of hydrogen-bond acceptors (Lipinski definition) is 6. The first-order valence-corrected chi connectivity index (χ1v) is 5.74. The lowest BCUT2D eigenvalue weighted by atomic mass is 10.1. The lowest BCUT2D eigenvalue weighted by Gasteiger charge is -2.20. The topological polar surface area (TPSA) is 91.5 Å². The van der Waals surface area contributed by atoms with Gasteiger partial charge in [0.15, 0.2) is 5.69 Å². The standard InChI is InChI=1S/C13H18N2O4/c1-7-6-8(11(16)18-5)9(14)10(15-7)12(17)19-13(2,3)4/h6H,14H2,1-5H3. The van der Waals surface area contributed by atoms with Gasteiger partial charge in [-0.15, -0.1) is 0 Å². The van der Waals surface area contributed by atoms with E-state index in [4.69, 9.17) is 10.5 Å². The molecule has 0 aliphatic heterocycles. The van der Waals surface area contributed by atoms with E-state index in [0.29, 0.717) is 5.69 Å². The third kappa shape index (κ3) is 3.67. The number of nitrogen functional groups attached to an aromatic ring is 1. The molecular formula is C13H18N2O4. The first kappa shape index (κ1) is 14.9. The third-order valence-electron chi connectivity index (χ3n) is 2.18. The molecule has 0 aliphatic carbocycles. The molecule has 0 fully saturated rings. The zero-order valence-corrected chi connectivity index (χ0v) is 11.7. The van der Waals surface area contributed by atoms with Gasteiger partial charge in [0, 0.05) is 5.69 Å². The monoisotopic (exact) mass is 266 g/mol. The van der Waals surface area contributed by atoms with Gasteiger partial charge in [-0.3, -0.25) is 0 Å². The molecule has 6 nitrogen and oxygen atoms in total. The van der Waals surface area contributed by atoms with Gasteiger partial charge in [-0.2, -0.15) is 0 Å². The van der Waals surface area contributed by atoms with Crippen LogP contribution in [0.25, 0.3) is 0 Å². The number of carbonyl (C=O) groups excluding carboxylic acids is 2. The zero-order chi connectivity index (χ0) is 14.8. The quantitative estimate of drug-likeness (QED) is 0.819. The Bertz CT molecular complexity index is 518. The van der Waals surface area contributed by atoms with Crippen LogP contribution in [-0.2, 0) is 9.47 Å². The second-order valence-corrected chi connectivity index (χ2v) is 5.07. The van der Waals surface area contributed by atoms with E-state index >= 15 is 0 Å². The fourth-order valence-corrected chi connectivity index (χ4v) is 1.44. The number of nitrogens with two attached hydrogens (primary N) is 1. The third-order valence-corrected chi connectivity index (χ3v) is 2.18. The van der Waals surface area contributed by atoms with Gasteiger partial charge in [-0.05, 0) is 33.8 Å². The van der Waals surface area contributed by atoms with Crippen LogP contribution in [0.4, 0.5) is 5.69 Å². The minimum atomic E-state index is -0.668. The van der Waals surface area contributed by atoms with Gasteiger partial charge in [-0.1, -0.05) is 0 Å². The van der Waals surface area contributed by atoms with E-state index < -0.39 is 17.5 Å². The Morgan fingerprint density at radius 3 is 2.32 bits per heavy atom. The molecule has 0 radical (unpaired) electrons. The van der Waals surface area contributed by atoms with Crippen molar-refractivity contribution in [3.05, 3.63) is 23.0 Å². The van der Waals surface area contributed by atoms with Crippen LogP contribution >= 0.6 is 0 Å². The summed E-state index contributed by atoms with van der Waals surface area (Å²) in [6.45, 7) is 6.86. The zero-order valence-electron chi connectivity index (χ0n) is 11.7. The minimum absolute atomic E-state index is 0.0355. The Kier molecular flexibility index (Phi) is 4.14. The van der Waals surface area contributed by atoms with Crippen molar-refractivity contribution in [3.63, 3.8) is 0 Å². The Morgan fingerprint density at radius 2 is 1.84 bits per heavy atom. The molecule has 0 spiro atoms. The molecule has 0 bridgehead atoms. The van der Waals surface area contributed by atoms with Crippen LogP contribution in [0.5, 0.6) is 0 Å². The number of carbonyl (C=O) groups is 2. The van der Waals surface area contributed by atoms with Gasteiger partial charge in [0.2, 0.25) is 0 Å². The van der Waals surface area contributed by atoms with Crippen LogP contribution in [0.3, 0.4) is 0 Å². The van der Waals surface area contributed by atoms with Gasteiger partial charge in [0.1, 0.15) is 5.60 Å². The SMILES string of the molecule is COC(=O)c1cc(C)nc(C(=O)OC(C)(C)C)c1N. The highest BCUT2D eigenvalue weighted by Gasteiger charge is 2.24. The normalized spacial score (nSPS) is 11.0. The van der Waals surface area contributed by atoms with Crippen LogP contribution in [0.2, 0.25) is 0 Å². The molecule has 0 aromatic carbocycles. The van der Waals surface area contributed by atoms with Crippen LogP contribution in [-0.4, -0.2) is 29.6 Å². The highest BCUT2D eigenvalue weighted by molar-refractivity contribution is 6.02. The Balaban J connectivity index is 3.25. The number of ether oxygens (including phenoxy) is 2. The largest absolute Gasteiger partial charge is 0.465 e. The molecule has 0 atom stereocenters. The molecule has 1 aromatic heterocycles. The van der Waals surface area contributed by atoms with Crippen molar-refractivity contribution in [2.45, 2.75) is 33.3 Å². The van der Waals surface area contributed by atoms with Crippen molar-refractivity contribution in [3.8, 4) is 0 Å². The van der Waals surface area contributed by atoms with Crippen molar-refractivity contribution in [2.24, 2.45) is 0 Å². The molecule has 2 N–H and O–H groups in total. The van der Waals surface area contributed by atoms with Crippen molar-refractivity contribution in [1.29, 1.82) is 0 Å². The number of anilines is 1. The number of aryl methyl sites for hydroxylation is 1. The smallest absolute Gasteiger partial charge is 0.359 e. The van der Waals surface area contributed by atoms with Crippen LogP contribution < -0.4 is 5.73 Å². The first-order chi connectivity index (χ1) is 8.65. The number of esters is 2. The highest BCUT2D eigenvalue weighted by atomic mass is 16.6. The average Bonchev–Trinajstić information content (AvgIpc) is 2.28. The molecular weight excluding hydrogens is 248 g/mol. The van der Waals surface area contributed by atoms with Crippen LogP contribution in [0.15, 0.2) is 6.07 Å². The lowest BCUT2D eigenvalue weighted by molar-refractivity contribution is 0.00639. The predicted molar refractivity (Wildman–Crippen MR) is 69.9 cm³/mol. The summed E-state index contributed by atoms with van der Waals surface area (Å²) in [5.74, 6) is -1.29. The van der Waals surface area contributed by atoms with Crippen molar-refractivity contribution in [1.82, 2.24) is 4.98 Å². The summed E-state index contributed by atoms with van der Waals surface area (Å²) in [4.78, 5) is 27.6. The van der Waals surface area contributed by atoms with Crippen molar-refractivity contribution in [2.75, 3.05) is 12.8 Å². The molecule has 0 amide bonds. The molecule has 0 saturated carbocycles. The summed E-state index contributed by atoms with van der Waals surface area (Å²) in [6.07, 6.45) is 0. The van der Waals surface area contributed by atoms with E-state index in [1.807, 2.05) is 0 Å². The summed E-state index contributed by atoms with van der Waals surface area (Å²) in [5.41, 5.74) is 5.60. The maximum Gasteiger partial charge on any atom is 0.359 e. The van der Waals surface area contributed by atoms with Gasteiger partial charge in [-0.25, -0.2) is 14.6 Å². The highest BCUT2D eigenvalue weighted by Crippen LogP contribution is 2.21. The second-order valence-electron chi connectivity index (χ2n) is 5.07. The van der Waals surface area contributed by atoms with Crippen molar-refractivity contribution >= 4 is 17.6 Å². The van der Waals surface area contributed by atoms with E-state index in [1.54, 1.807) is 27.7 Å². The number of methoxy groups -OCH3 is 1. The molecule has 0 unspecified atom stereocenters. The summed E-state index contributed by atoms with van der Waals surface area (Å²) >= 11 is 0. The maximum absolute atomic E-state index is 12.0. The predicted octanol–water partition coefficient (Wildman–Crippen LogP) is 1.71. The Morgan fingerprint density at radius 1 is 1.26 bits per heavy atom. The molecule has 0 aliphatic rings. The van der Waals surface area contributed by atoms with E-state index in [0.717, 1.165) is 0 Å². The number of aromatic nitrogens is 1. The Labute approximate surface area is 111 Å². The molecule has 19 heavy (non-hydrogen) atoms. The van der Waals surface area contributed by atoms with Crippen LogP contribution in [0.1, 0.15) is 47.3 Å². The fraction of sp³-hybridized carbons (Fsp3) is 0.462. The van der Waals surface area contributed by atoms with Crippen LogP contribution in [0, 0.1) is 6.92 Å². The molecule has 1 aromatic rings. The summed E-state index contributed by atoms with van der Waals surface area (Å²) in [6, 6.07) is 1.47. The fourth-order valence-electron chi connectivity index (χ4n) is 1.44. The van der Waals surface area contributed by atoms with Crippen molar-refractivity contribution < 1.29 is 19.1 Å². The first-order valence-electron chi connectivity index (χ1n) is 5.74. The Hall–Kier alpha value is -2.11. The molecule has 1 heterocycles. The minimum Gasteiger partial charge on any atom is -0.465 e. The second kappa shape index (κ2) is 5.26.